The van der Waals surface area contributed by atoms with E-state index < -0.39 is 0 Å². The van der Waals surface area contributed by atoms with Crippen LogP contribution in [0.5, 0.6) is 11.5 Å². The van der Waals surface area contributed by atoms with E-state index in [1.807, 2.05) is 75.5 Å². The van der Waals surface area contributed by atoms with Gasteiger partial charge in [0.05, 0.1) is 5.69 Å². The van der Waals surface area contributed by atoms with E-state index in [4.69, 9.17) is 29.2 Å². The molecular formula is C27H29N5O2S2. The number of aromatic hydroxyl groups is 1. The number of aromatic amines is 2. The van der Waals surface area contributed by atoms with E-state index in [0.717, 1.165) is 51.5 Å². The van der Waals surface area contributed by atoms with Gasteiger partial charge in [0.1, 0.15) is 11.5 Å². The molecule has 7 nitrogen and oxygen atoms in total. The molecule has 0 aliphatic rings. The van der Waals surface area contributed by atoms with Crippen molar-refractivity contribution in [2.24, 2.45) is 0 Å². The summed E-state index contributed by atoms with van der Waals surface area (Å²) in [7, 11) is 1.91. The molecule has 0 spiro atoms. The lowest BCUT2D eigenvalue weighted by molar-refractivity contribution is 0.346. The van der Waals surface area contributed by atoms with Crippen molar-refractivity contribution in [1.29, 1.82) is 0 Å². The van der Waals surface area contributed by atoms with Gasteiger partial charge in [0, 0.05) is 18.4 Å². The van der Waals surface area contributed by atoms with Crippen molar-refractivity contribution in [3.63, 3.8) is 0 Å². The zero-order chi connectivity index (χ0) is 25.7. The summed E-state index contributed by atoms with van der Waals surface area (Å²) in [5.41, 5.74) is 6.73. The Hall–Kier alpha value is -3.82. The molecule has 9 heteroatoms. The summed E-state index contributed by atoms with van der Waals surface area (Å²) >= 11 is 10.6. The predicted octanol–water partition coefficient (Wildman–Crippen LogP) is 6.66. The Morgan fingerprint density at radius 1 is 1.00 bits per heavy atom. The molecular weight excluding hydrogens is 490 g/mol. The van der Waals surface area contributed by atoms with Crippen LogP contribution >= 0.6 is 24.4 Å². The van der Waals surface area contributed by atoms with Gasteiger partial charge in [-0.2, -0.15) is 0 Å². The number of allylic oxidation sites excluding steroid dienone is 1. The molecule has 0 saturated heterocycles. The number of anilines is 2. The highest BCUT2D eigenvalue weighted by atomic mass is 32.1. The van der Waals surface area contributed by atoms with Crippen molar-refractivity contribution < 1.29 is 9.84 Å². The number of hydrogen-bond acceptors (Lipinski definition) is 6. The van der Waals surface area contributed by atoms with Crippen LogP contribution in [0.3, 0.4) is 0 Å². The van der Waals surface area contributed by atoms with Crippen molar-refractivity contribution in [2.75, 3.05) is 24.4 Å². The van der Waals surface area contributed by atoms with Crippen molar-refractivity contribution in [3.05, 3.63) is 92.5 Å². The minimum absolute atomic E-state index is 0.301. The fourth-order valence-corrected chi connectivity index (χ4v) is 4.54. The number of H-pyrrole nitrogens is 2. The molecule has 1 aromatic heterocycles. The van der Waals surface area contributed by atoms with Gasteiger partial charge in [-0.25, -0.2) is 0 Å². The van der Waals surface area contributed by atoms with E-state index >= 15 is 0 Å². The zero-order valence-electron chi connectivity index (χ0n) is 20.4. The number of phenolic OH excluding ortho intramolecular Hbond substituents is 1. The molecule has 36 heavy (non-hydrogen) atoms. The van der Waals surface area contributed by atoms with Crippen LogP contribution in [-0.2, 0) is 6.42 Å². The van der Waals surface area contributed by atoms with E-state index in [-0.39, 0.29) is 0 Å². The number of benzene rings is 3. The van der Waals surface area contributed by atoms with Crippen molar-refractivity contribution in [2.45, 2.75) is 20.3 Å². The standard InChI is InChI=1S/C27H29N5O2S2/c1-17-12-19(13-18(2)25(17)33)6-4-7-20-14-23(10-11-24(20)28-3)34-16-29-21-8-5-9-22(15-21)32-26(35)30-31-27(32)36/h4-6,8-15,28-29,33H,7,16H2,1-3H3,(H,30,35)(H,31,36)/b6-4+. The van der Waals surface area contributed by atoms with Crippen LogP contribution in [-0.4, -0.2) is 33.6 Å². The van der Waals surface area contributed by atoms with E-state index in [9.17, 15) is 5.11 Å². The normalized spacial score (nSPS) is 11.1. The first kappa shape index (κ1) is 25.3. The number of hydrogen-bond donors (Lipinski definition) is 5. The number of nitrogens with zero attached hydrogens (tertiary/aromatic N) is 1. The molecule has 4 aromatic rings. The number of phenols is 1. The third-order valence-corrected chi connectivity index (χ3v) is 6.38. The van der Waals surface area contributed by atoms with Crippen LogP contribution in [0.1, 0.15) is 22.3 Å². The maximum absolute atomic E-state index is 9.99. The van der Waals surface area contributed by atoms with Gasteiger partial charge in [-0.05, 0) is 115 Å². The van der Waals surface area contributed by atoms with Crippen LogP contribution in [0.15, 0.2) is 60.7 Å². The Balaban J connectivity index is 1.41. The summed E-state index contributed by atoms with van der Waals surface area (Å²) in [4.78, 5) is 0. The van der Waals surface area contributed by atoms with Gasteiger partial charge in [0.15, 0.2) is 16.3 Å². The number of aryl methyl sites for hydroxylation is 2. The second-order valence-electron chi connectivity index (χ2n) is 8.39. The number of ether oxygens (including phenoxy) is 1. The van der Waals surface area contributed by atoms with E-state index in [2.05, 4.69) is 33.0 Å². The first-order valence-corrected chi connectivity index (χ1v) is 12.3. The summed E-state index contributed by atoms with van der Waals surface area (Å²) in [6.07, 6.45) is 4.93. The fourth-order valence-electron chi connectivity index (χ4n) is 3.98. The Labute approximate surface area is 220 Å². The third-order valence-electron chi connectivity index (χ3n) is 5.81. The molecule has 0 atom stereocenters. The van der Waals surface area contributed by atoms with E-state index in [1.165, 1.54) is 0 Å². The summed E-state index contributed by atoms with van der Waals surface area (Å²) in [6.45, 7) is 4.12. The molecule has 0 unspecified atom stereocenters. The lowest BCUT2D eigenvalue weighted by atomic mass is 10.0. The van der Waals surface area contributed by atoms with E-state index in [0.29, 0.717) is 22.0 Å². The Morgan fingerprint density at radius 2 is 1.72 bits per heavy atom. The molecule has 0 radical (unpaired) electrons. The fraction of sp³-hybridized carbons (Fsp3) is 0.185. The number of aromatic nitrogens is 3. The third kappa shape index (κ3) is 5.87. The highest BCUT2D eigenvalue weighted by Crippen LogP contribution is 2.25. The summed E-state index contributed by atoms with van der Waals surface area (Å²) < 4.78 is 8.76. The lowest BCUT2D eigenvalue weighted by Gasteiger charge is -2.13. The molecule has 0 fully saturated rings. The highest BCUT2D eigenvalue weighted by Gasteiger charge is 2.06. The zero-order valence-corrected chi connectivity index (χ0v) is 22.0. The van der Waals surface area contributed by atoms with Crippen LogP contribution in [0, 0.1) is 23.4 Å². The van der Waals surface area contributed by atoms with Crippen LogP contribution in [0.4, 0.5) is 11.4 Å². The van der Waals surface area contributed by atoms with Gasteiger partial charge >= 0.3 is 0 Å². The molecule has 5 N–H and O–H groups in total. The average molecular weight is 520 g/mol. The first-order chi connectivity index (χ1) is 17.4. The maximum atomic E-state index is 9.99. The van der Waals surface area contributed by atoms with Crippen molar-refractivity contribution in [1.82, 2.24) is 14.8 Å². The summed E-state index contributed by atoms with van der Waals surface area (Å²) in [5, 5.41) is 22.2. The minimum atomic E-state index is 0.301. The van der Waals surface area contributed by atoms with Crippen LogP contribution in [0.2, 0.25) is 0 Å². The molecule has 3 aromatic carbocycles. The minimum Gasteiger partial charge on any atom is -0.507 e. The molecule has 0 aliphatic heterocycles. The molecule has 0 bridgehead atoms. The monoisotopic (exact) mass is 519 g/mol. The quantitative estimate of drug-likeness (QED) is 0.125. The molecule has 0 aliphatic carbocycles. The second kappa shape index (κ2) is 11.3. The first-order valence-electron chi connectivity index (χ1n) is 11.5. The molecule has 186 valence electrons. The Kier molecular flexibility index (Phi) is 7.92. The Morgan fingerprint density at radius 3 is 2.42 bits per heavy atom. The van der Waals surface area contributed by atoms with Gasteiger partial charge in [0.2, 0.25) is 0 Å². The smallest absolute Gasteiger partial charge is 0.198 e. The largest absolute Gasteiger partial charge is 0.507 e. The van der Waals surface area contributed by atoms with Gasteiger partial charge in [-0.3, -0.25) is 14.8 Å². The van der Waals surface area contributed by atoms with Crippen LogP contribution in [0.25, 0.3) is 11.8 Å². The molecule has 1 heterocycles. The number of nitrogens with one attached hydrogen (secondary N) is 4. The van der Waals surface area contributed by atoms with Gasteiger partial charge < -0.3 is 20.5 Å². The lowest BCUT2D eigenvalue weighted by Crippen LogP contribution is -2.09. The molecule has 0 amide bonds. The SMILES string of the molecule is CNc1ccc(OCNc2cccc(-n3c(=S)[nH][nH]c3=S)c2)cc1C/C=C/c1cc(C)c(O)c(C)c1. The maximum Gasteiger partial charge on any atom is 0.198 e. The van der Waals surface area contributed by atoms with Gasteiger partial charge in [-0.15, -0.1) is 0 Å². The van der Waals surface area contributed by atoms with E-state index in [1.54, 1.807) is 4.57 Å². The summed E-state index contributed by atoms with van der Waals surface area (Å²) in [6, 6.07) is 17.8. The van der Waals surface area contributed by atoms with Gasteiger partial charge in [-0.1, -0.05) is 18.2 Å². The Bertz CT molecular complexity index is 1470. The topological polar surface area (TPSA) is 90.0 Å². The molecule has 0 saturated carbocycles. The van der Waals surface area contributed by atoms with Gasteiger partial charge in [0.25, 0.3) is 0 Å². The van der Waals surface area contributed by atoms with Crippen LogP contribution < -0.4 is 15.4 Å². The highest BCUT2D eigenvalue weighted by molar-refractivity contribution is 7.72. The predicted molar refractivity (Wildman–Crippen MR) is 152 cm³/mol. The molecule has 4 rings (SSSR count). The number of rotatable bonds is 9. The van der Waals surface area contributed by atoms with Crippen molar-refractivity contribution in [3.8, 4) is 17.2 Å². The average Bonchev–Trinajstić information content (AvgIpc) is 3.20. The second-order valence-corrected chi connectivity index (χ2v) is 9.16. The van der Waals surface area contributed by atoms with Crippen molar-refractivity contribution >= 4 is 41.9 Å². The summed E-state index contributed by atoms with van der Waals surface area (Å²) in [5.74, 6) is 1.12.